The van der Waals surface area contributed by atoms with Gasteiger partial charge in [0.15, 0.2) is 0 Å². The minimum atomic E-state index is -0.607. The van der Waals surface area contributed by atoms with Crippen LogP contribution in [-0.2, 0) is 9.59 Å². The predicted molar refractivity (Wildman–Crippen MR) is 87.9 cm³/mol. The van der Waals surface area contributed by atoms with Crippen molar-refractivity contribution in [3.63, 3.8) is 0 Å². The second-order valence-corrected chi connectivity index (χ2v) is 5.04. The largest absolute Gasteiger partial charge is 0.332 e. The average Bonchev–Trinajstić information content (AvgIpc) is 2.40. The van der Waals surface area contributed by atoms with Crippen LogP contribution in [0.3, 0.4) is 0 Å². The predicted octanol–water partition coefficient (Wildman–Crippen LogP) is 2.29. The molecule has 1 aromatic carbocycles. The molecule has 2 amide bonds. The molecule has 1 atom stereocenters. The van der Waals surface area contributed by atoms with Gasteiger partial charge in [0.25, 0.3) is 0 Å². The third kappa shape index (κ3) is 6.80. The van der Waals surface area contributed by atoms with Crippen molar-refractivity contribution in [2.24, 2.45) is 5.73 Å². The van der Waals surface area contributed by atoms with Gasteiger partial charge in [-0.05, 0) is 37.6 Å². The van der Waals surface area contributed by atoms with Crippen LogP contribution in [0.1, 0.15) is 20.3 Å². The lowest BCUT2D eigenvalue weighted by atomic mass is 10.2. The van der Waals surface area contributed by atoms with Crippen molar-refractivity contribution in [2.75, 3.05) is 18.4 Å². The van der Waals surface area contributed by atoms with Crippen LogP contribution in [0.25, 0.3) is 0 Å². The fourth-order valence-electron chi connectivity index (χ4n) is 1.73. The second-order valence-electron chi connectivity index (χ2n) is 4.60. The van der Waals surface area contributed by atoms with E-state index >= 15 is 0 Å². The van der Waals surface area contributed by atoms with Crippen LogP contribution in [0.15, 0.2) is 24.3 Å². The first-order chi connectivity index (χ1) is 9.43. The highest BCUT2D eigenvalue weighted by Gasteiger charge is 2.19. The van der Waals surface area contributed by atoms with Gasteiger partial charge in [-0.1, -0.05) is 18.5 Å². The lowest BCUT2D eigenvalue weighted by molar-refractivity contribution is -0.135. The van der Waals surface area contributed by atoms with Crippen LogP contribution in [-0.4, -0.2) is 35.8 Å². The molecule has 0 radical (unpaired) electrons. The highest BCUT2D eigenvalue weighted by Crippen LogP contribution is 2.13. The number of nitrogens with zero attached hydrogens (tertiary/aromatic N) is 1. The summed E-state index contributed by atoms with van der Waals surface area (Å²) in [5.41, 5.74) is 6.22. The molecule has 5 nitrogen and oxygen atoms in total. The normalized spacial score (nSPS) is 11.2. The number of hydrogen-bond donors (Lipinski definition) is 2. The molecule has 3 N–H and O–H groups in total. The van der Waals surface area contributed by atoms with Gasteiger partial charge in [-0.25, -0.2) is 0 Å². The number of anilines is 1. The van der Waals surface area contributed by atoms with E-state index in [1.165, 1.54) is 4.90 Å². The van der Waals surface area contributed by atoms with Crippen molar-refractivity contribution in [3.05, 3.63) is 29.3 Å². The number of nitrogens with two attached hydrogens (primary N) is 1. The SMILES string of the molecule is CCCN(CC(=O)Nc1ccc(Cl)cc1)C(=O)[C@@H](C)N.Cl. The van der Waals surface area contributed by atoms with Gasteiger partial charge < -0.3 is 16.0 Å². The summed E-state index contributed by atoms with van der Waals surface area (Å²) in [6.45, 7) is 4.06. The zero-order valence-corrected chi connectivity index (χ0v) is 13.7. The summed E-state index contributed by atoms with van der Waals surface area (Å²) in [6, 6.07) is 6.18. The zero-order valence-electron chi connectivity index (χ0n) is 12.1. The summed E-state index contributed by atoms with van der Waals surface area (Å²) >= 11 is 5.77. The highest BCUT2D eigenvalue weighted by molar-refractivity contribution is 6.30. The molecule has 7 heteroatoms. The Balaban J connectivity index is 0.00000400. The van der Waals surface area contributed by atoms with E-state index in [4.69, 9.17) is 17.3 Å². The number of hydrogen-bond acceptors (Lipinski definition) is 3. The summed E-state index contributed by atoms with van der Waals surface area (Å²) in [7, 11) is 0. The lowest BCUT2D eigenvalue weighted by Gasteiger charge is -2.23. The van der Waals surface area contributed by atoms with Gasteiger partial charge in [-0.15, -0.1) is 12.4 Å². The van der Waals surface area contributed by atoms with E-state index in [2.05, 4.69) is 5.32 Å². The number of benzene rings is 1. The first kappa shape index (κ1) is 19.7. The second kappa shape index (κ2) is 9.60. The molecule has 0 saturated carbocycles. The van der Waals surface area contributed by atoms with Gasteiger partial charge in [0.2, 0.25) is 11.8 Å². The molecule has 0 aliphatic carbocycles. The van der Waals surface area contributed by atoms with Crippen molar-refractivity contribution in [1.29, 1.82) is 0 Å². The van der Waals surface area contributed by atoms with E-state index in [0.29, 0.717) is 17.3 Å². The number of nitrogens with one attached hydrogen (secondary N) is 1. The summed E-state index contributed by atoms with van der Waals surface area (Å²) in [5, 5.41) is 3.32. The Bertz CT molecular complexity index is 464. The van der Waals surface area contributed by atoms with Crippen LogP contribution < -0.4 is 11.1 Å². The van der Waals surface area contributed by atoms with Crippen LogP contribution in [0, 0.1) is 0 Å². The molecule has 0 unspecified atom stereocenters. The Morgan fingerprint density at radius 2 is 1.90 bits per heavy atom. The third-order valence-electron chi connectivity index (χ3n) is 2.66. The van der Waals surface area contributed by atoms with Crippen molar-refractivity contribution >= 4 is 41.5 Å². The molecular weight excluding hydrogens is 313 g/mol. The van der Waals surface area contributed by atoms with Gasteiger partial charge in [-0.3, -0.25) is 9.59 Å². The van der Waals surface area contributed by atoms with Gasteiger partial charge in [-0.2, -0.15) is 0 Å². The number of rotatable bonds is 6. The maximum absolute atomic E-state index is 11.9. The quantitative estimate of drug-likeness (QED) is 0.838. The smallest absolute Gasteiger partial charge is 0.243 e. The molecule has 1 rings (SSSR count). The monoisotopic (exact) mass is 333 g/mol. The maximum Gasteiger partial charge on any atom is 0.243 e. The van der Waals surface area contributed by atoms with Crippen LogP contribution in [0.2, 0.25) is 5.02 Å². The number of carbonyl (C=O) groups is 2. The number of carbonyl (C=O) groups excluding carboxylic acids is 2. The molecule has 0 heterocycles. The van der Waals surface area contributed by atoms with Crippen molar-refractivity contribution in [1.82, 2.24) is 4.90 Å². The topological polar surface area (TPSA) is 75.4 Å². The summed E-state index contributed by atoms with van der Waals surface area (Å²) < 4.78 is 0. The molecule has 0 saturated heterocycles. The molecule has 0 aliphatic heterocycles. The Labute approximate surface area is 136 Å². The van der Waals surface area contributed by atoms with Crippen molar-refractivity contribution < 1.29 is 9.59 Å². The van der Waals surface area contributed by atoms with Crippen LogP contribution >= 0.6 is 24.0 Å². The average molecular weight is 334 g/mol. The molecule has 0 fully saturated rings. The zero-order chi connectivity index (χ0) is 15.1. The molecule has 1 aromatic rings. The van der Waals surface area contributed by atoms with Crippen LogP contribution in [0.4, 0.5) is 5.69 Å². The van der Waals surface area contributed by atoms with E-state index in [1.807, 2.05) is 6.92 Å². The summed E-state index contributed by atoms with van der Waals surface area (Å²) in [6.07, 6.45) is 0.771. The molecular formula is C14H21Cl2N3O2. The molecule has 0 aromatic heterocycles. The lowest BCUT2D eigenvalue weighted by Crippen LogP contribution is -2.45. The number of amides is 2. The van der Waals surface area contributed by atoms with Gasteiger partial charge >= 0.3 is 0 Å². The molecule has 0 aliphatic rings. The van der Waals surface area contributed by atoms with Gasteiger partial charge in [0, 0.05) is 17.3 Å². The number of halogens is 2. The van der Waals surface area contributed by atoms with E-state index < -0.39 is 6.04 Å². The van der Waals surface area contributed by atoms with E-state index in [0.717, 1.165) is 6.42 Å². The first-order valence-electron chi connectivity index (χ1n) is 6.53. The molecule has 21 heavy (non-hydrogen) atoms. The molecule has 118 valence electrons. The Morgan fingerprint density at radius 1 is 1.33 bits per heavy atom. The van der Waals surface area contributed by atoms with Gasteiger partial charge in [0.05, 0.1) is 12.6 Å². The van der Waals surface area contributed by atoms with E-state index in [1.54, 1.807) is 31.2 Å². The minimum Gasteiger partial charge on any atom is -0.332 e. The Morgan fingerprint density at radius 3 is 2.38 bits per heavy atom. The first-order valence-corrected chi connectivity index (χ1v) is 6.91. The standard InChI is InChI=1S/C14H20ClN3O2.ClH/c1-3-8-18(14(20)10(2)16)9-13(19)17-12-6-4-11(15)5-7-12;/h4-7,10H,3,8-9,16H2,1-2H3,(H,17,19);1H/t10-;/m1./s1. The Kier molecular flexibility index (Phi) is 9.01. The third-order valence-corrected chi connectivity index (χ3v) is 2.91. The minimum absolute atomic E-state index is 0. The van der Waals surface area contributed by atoms with E-state index in [9.17, 15) is 9.59 Å². The molecule has 0 spiro atoms. The molecule has 0 bridgehead atoms. The Hall–Kier alpha value is -1.30. The van der Waals surface area contributed by atoms with Crippen molar-refractivity contribution in [3.8, 4) is 0 Å². The van der Waals surface area contributed by atoms with Crippen molar-refractivity contribution in [2.45, 2.75) is 26.3 Å². The van der Waals surface area contributed by atoms with Gasteiger partial charge in [0.1, 0.15) is 0 Å². The highest BCUT2D eigenvalue weighted by atomic mass is 35.5. The summed E-state index contributed by atoms with van der Waals surface area (Å²) in [5.74, 6) is -0.479. The summed E-state index contributed by atoms with van der Waals surface area (Å²) in [4.78, 5) is 25.3. The maximum atomic E-state index is 11.9. The fourth-order valence-corrected chi connectivity index (χ4v) is 1.86. The van der Waals surface area contributed by atoms with E-state index in [-0.39, 0.29) is 30.8 Å². The fraction of sp³-hybridized carbons (Fsp3) is 0.429. The van der Waals surface area contributed by atoms with Crippen LogP contribution in [0.5, 0.6) is 0 Å².